The number of nitrogens with zero attached hydrogens (tertiary/aromatic N) is 3. The van der Waals surface area contributed by atoms with Crippen molar-refractivity contribution in [3.63, 3.8) is 0 Å². The average Bonchev–Trinajstić information content (AvgIpc) is 2.82. The van der Waals surface area contributed by atoms with Gasteiger partial charge >= 0.3 is 0 Å². The normalized spacial score (nSPS) is 11.0. The summed E-state index contributed by atoms with van der Waals surface area (Å²) in [6.07, 6.45) is 2.02. The Hall–Kier alpha value is -3.73. The summed E-state index contributed by atoms with van der Waals surface area (Å²) in [4.78, 5) is 14.3. The van der Waals surface area contributed by atoms with Crippen molar-refractivity contribution in [1.29, 1.82) is 0 Å². The van der Waals surface area contributed by atoms with Crippen molar-refractivity contribution in [2.24, 2.45) is 0 Å². The molecule has 5 heteroatoms. The fourth-order valence-corrected chi connectivity index (χ4v) is 3.64. The zero-order valence-electron chi connectivity index (χ0n) is 20.5. The van der Waals surface area contributed by atoms with Gasteiger partial charge in [-0.05, 0) is 80.6 Å². The monoisotopic (exact) mass is 453 g/mol. The first-order valence-electron chi connectivity index (χ1n) is 11.7. The van der Waals surface area contributed by atoms with Crippen LogP contribution in [0, 0.1) is 27.7 Å². The first-order chi connectivity index (χ1) is 16.4. The number of unbranched alkanes of at least 4 members (excludes halogenated alkanes) is 1. The van der Waals surface area contributed by atoms with E-state index in [9.17, 15) is 5.11 Å². The van der Waals surface area contributed by atoms with Gasteiger partial charge in [0.25, 0.3) is 0 Å². The highest BCUT2D eigenvalue weighted by Crippen LogP contribution is 2.33. The molecule has 0 bridgehead atoms. The molecule has 0 atom stereocenters. The standard InChI is InChI=1S/C29H31N3O2/c1-6-7-14-34-24-12-13-25(26(33)17-24)29-31-27(22-10-8-18(2)20(4)15-22)30-28(32-29)23-11-9-19(3)21(5)16-23/h8-13,15-17,33H,6-7,14H2,1-5H3. The summed E-state index contributed by atoms with van der Waals surface area (Å²) in [7, 11) is 0. The van der Waals surface area contributed by atoms with E-state index in [1.165, 1.54) is 22.3 Å². The van der Waals surface area contributed by atoms with Crippen molar-refractivity contribution < 1.29 is 9.84 Å². The third-order valence-corrected chi connectivity index (χ3v) is 6.14. The lowest BCUT2D eigenvalue weighted by Crippen LogP contribution is -2.01. The fraction of sp³-hybridized carbons (Fsp3) is 0.276. The summed E-state index contributed by atoms with van der Waals surface area (Å²) in [5, 5.41) is 10.8. The Bertz CT molecular complexity index is 1260. The van der Waals surface area contributed by atoms with Crippen molar-refractivity contribution in [3.8, 4) is 45.7 Å². The second-order valence-corrected chi connectivity index (χ2v) is 8.79. The van der Waals surface area contributed by atoms with E-state index in [0.29, 0.717) is 35.4 Å². The zero-order chi connectivity index (χ0) is 24.2. The van der Waals surface area contributed by atoms with Gasteiger partial charge in [0.2, 0.25) is 0 Å². The summed E-state index contributed by atoms with van der Waals surface area (Å²) in [5.74, 6) is 2.28. The molecule has 0 spiro atoms. The van der Waals surface area contributed by atoms with Gasteiger partial charge in [-0.15, -0.1) is 0 Å². The number of aromatic hydroxyl groups is 1. The average molecular weight is 454 g/mol. The van der Waals surface area contributed by atoms with Gasteiger partial charge in [-0.25, -0.2) is 15.0 Å². The lowest BCUT2D eigenvalue weighted by Gasteiger charge is -2.12. The molecule has 1 aromatic heterocycles. The molecule has 0 aliphatic carbocycles. The molecule has 4 rings (SSSR count). The van der Waals surface area contributed by atoms with Crippen molar-refractivity contribution in [3.05, 3.63) is 76.9 Å². The van der Waals surface area contributed by atoms with Crippen molar-refractivity contribution in [2.45, 2.75) is 47.5 Å². The highest BCUT2D eigenvalue weighted by atomic mass is 16.5. The number of aryl methyl sites for hydroxylation is 4. The molecule has 4 aromatic rings. The Morgan fingerprint density at radius 3 is 1.74 bits per heavy atom. The van der Waals surface area contributed by atoms with Crippen molar-refractivity contribution >= 4 is 0 Å². The number of aromatic nitrogens is 3. The van der Waals surface area contributed by atoms with Gasteiger partial charge in [0.15, 0.2) is 17.5 Å². The van der Waals surface area contributed by atoms with Gasteiger partial charge in [0.05, 0.1) is 12.2 Å². The Morgan fingerprint density at radius 2 is 1.24 bits per heavy atom. The van der Waals surface area contributed by atoms with Gasteiger partial charge in [-0.1, -0.05) is 37.6 Å². The van der Waals surface area contributed by atoms with Crippen LogP contribution in [0.4, 0.5) is 0 Å². The van der Waals surface area contributed by atoms with E-state index in [1.54, 1.807) is 12.1 Å². The van der Waals surface area contributed by atoms with Gasteiger partial charge in [0.1, 0.15) is 11.5 Å². The largest absolute Gasteiger partial charge is 0.507 e. The molecule has 34 heavy (non-hydrogen) atoms. The van der Waals surface area contributed by atoms with Gasteiger partial charge in [-0.2, -0.15) is 0 Å². The van der Waals surface area contributed by atoms with Crippen LogP contribution in [-0.2, 0) is 0 Å². The molecule has 0 radical (unpaired) electrons. The molecule has 0 amide bonds. The summed E-state index contributed by atoms with van der Waals surface area (Å²) < 4.78 is 5.74. The van der Waals surface area contributed by atoms with Crippen molar-refractivity contribution in [2.75, 3.05) is 6.61 Å². The molecule has 3 aromatic carbocycles. The van der Waals surface area contributed by atoms with Crippen LogP contribution in [0.3, 0.4) is 0 Å². The molecule has 1 heterocycles. The van der Waals surface area contributed by atoms with Crippen LogP contribution >= 0.6 is 0 Å². The van der Waals surface area contributed by atoms with Crippen LogP contribution in [0.5, 0.6) is 11.5 Å². The first kappa shape index (κ1) is 23.4. The molecular weight excluding hydrogens is 422 g/mol. The molecule has 1 N–H and O–H groups in total. The quantitative estimate of drug-likeness (QED) is 0.305. The van der Waals surface area contributed by atoms with E-state index in [1.807, 2.05) is 18.2 Å². The molecule has 0 aliphatic rings. The summed E-state index contributed by atoms with van der Waals surface area (Å²) in [6, 6.07) is 17.6. The van der Waals surface area contributed by atoms with Crippen LogP contribution in [0.2, 0.25) is 0 Å². The van der Waals surface area contributed by atoms with Crippen LogP contribution in [-0.4, -0.2) is 26.7 Å². The number of ether oxygens (including phenoxy) is 1. The maximum absolute atomic E-state index is 10.8. The topological polar surface area (TPSA) is 68.1 Å². The predicted octanol–water partition coefficient (Wildman–Crippen LogP) is 6.99. The van der Waals surface area contributed by atoms with E-state index >= 15 is 0 Å². The lowest BCUT2D eigenvalue weighted by atomic mass is 10.0. The molecule has 0 aliphatic heterocycles. The molecule has 174 valence electrons. The maximum Gasteiger partial charge on any atom is 0.167 e. The second-order valence-electron chi connectivity index (χ2n) is 8.79. The van der Waals surface area contributed by atoms with E-state index in [4.69, 9.17) is 19.7 Å². The number of phenolic OH excluding ortho intramolecular Hbond substituents is 1. The Kier molecular flexibility index (Phi) is 6.92. The highest BCUT2D eigenvalue weighted by molar-refractivity contribution is 5.71. The van der Waals surface area contributed by atoms with E-state index in [-0.39, 0.29) is 5.75 Å². The minimum atomic E-state index is 0.0808. The van der Waals surface area contributed by atoms with E-state index < -0.39 is 0 Å². The number of benzene rings is 3. The Balaban J connectivity index is 1.83. The fourth-order valence-electron chi connectivity index (χ4n) is 3.64. The minimum Gasteiger partial charge on any atom is -0.507 e. The molecule has 0 saturated heterocycles. The van der Waals surface area contributed by atoms with Crippen molar-refractivity contribution in [1.82, 2.24) is 15.0 Å². The molecule has 5 nitrogen and oxygen atoms in total. The number of phenols is 1. The number of rotatable bonds is 7. The zero-order valence-corrected chi connectivity index (χ0v) is 20.5. The Labute approximate surface area is 201 Å². The number of hydrogen-bond acceptors (Lipinski definition) is 5. The van der Waals surface area contributed by atoms with E-state index in [2.05, 4.69) is 58.9 Å². The smallest absolute Gasteiger partial charge is 0.167 e. The third-order valence-electron chi connectivity index (χ3n) is 6.14. The molecule has 0 unspecified atom stereocenters. The van der Waals surface area contributed by atoms with E-state index in [0.717, 1.165) is 24.0 Å². The third kappa shape index (κ3) is 5.09. The van der Waals surface area contributed by atoms with Crippen LogP contribution in [0.25, 0.3) is 34.2 Å². The van der Waals surface area contributed by atoms with Gasteiger partial charge in [0, 0.05) is 17.2 Å². The number of hydrogen-bond donors (Lipinski definition) is 1. The van der Waals surface area contributed by atoms with Crippen LogP contribution < -0.4 is 4.74 Å². The summed E-state index contributed by atoms with van der Waals surface area (Å²) >= 11 is 0. The summed E-state index contributed by atoms with van der Waals surface area (Å²) in [5.41, 5.74) is 7.13. The first-order valence-corrected chi connectivity index (χ1v) is 11.7. The highest BCUT2D eigenvalue weighted by Gasteiger charge is 2.16. The van der Waals surface area contributed by atoms with Gasteiger partial charge < -0.3 is 9.84 Å². The minimum absolute atomic E-state index is 0.0808. The molecule has 0 fully saturated rings. The van der Waals surface area contributed by atoms with Crippen LogP contribution in [0.15, 0.2) is 54.6 Å². The second kappa shape index (κ2) is 10.0. The molecule has 0 saturated carbocycles. The predicted molar refractivity (Wildman–Crippen MR) is 137 cm³/mol. The maximum atomic E-state index is 10.8. The van der Waals surface area contributed by atoms with Gasteiger partial charge in [-0.3, -0.25) is 0 Å². The SMILES string of the molecule is CCCCOc1ccc(-c2nc(-c3ccc(C)c(C)c3)nc(-c3ccc(C)c(C)c3)n2)c(O)c1. The molecular formula is C29H31N3O2. The lowest BCUT2D eigenvalue weighted by molar-refractivity contribution is 0.307. The summed E-state index contributed by atoms with van der Waals surface area (Å²) in [6.45, 7) is 11.1. The van der Waals surface area contributed by atoms with Crippen LogP contribution in [0.1, 0.15) is 42.0 Å². The Morgan fingerprint density at radius 1 is 0.676 bits per heavy atom.